The molecule has 4 aliphatic rings. The second kappa shape index (κ2) is 9.76. The number of ether oxygens (including phenoxy) is 2. The minimum Gasteiger partial charge on any atom is -0.481 e. The smallest absolute Gasteiger partial charge is 0.344 e. The number of carbonyl (C=O) groups excluding carboxylic acids is 1. The molecule has 0 heterocycles. The summed E-state index contributed by atoms with van der Waals surface area (Å²) in [6.07, 6.45) is 6.94. The summed E-state index contributed by atoms with van der Waals surface area (Å²) in [6.45, 7) is 10.0. The van der Waals surface area contributed by atoms with Crippen molar-refractivity contribution in [2.75, 3.05) is 6.61 Å². The number of thioether (sulfide) groups is 1. The van der Waals surface area contributed by atoms with Gasteiger partial charge in [-0.05, 0) is 122 Å². The van der Waals surface area contributed by atoms with Gasteiger partial charge in [-0.1, -0.05) is 49.1 Å². The van der Waals surface area contributed by atoms with Crippen LogP contribution in [0.25, 0.3) is 6.08 Å². The molecule has 212 valence electrons. The van der Waals surface area contributed by atoms with Gasteiger partial charge in [0.1, 0.15) is 17.2 Å². The Morgan fingerprint density at radius 3 is 2.29 bits per heavy atom. The van der Waals surface area contributed by atoms with Crippen molar-refractivity contribution in [1.82, 2.24) is 0 Å². The Bertz CT molecular complexity index is 1490. The summed E-state index contributed by atoms with van der Waals surface area (Å²) in [6, 6.07) is 19.3. The highest BCUT2D eigenvalue weighted by Crippen LogP contribution is 2.84. The van der Waals surface area contributed by atoms with Crippen LogP contribution in [0.15, 0.2) is 72.1 Å². The maximum atomic E-state index is 13.6. The number of fused-ring (bicyclic) bond motifs is 1. The standard InChI is InChI=1S/C36H37FO3S/c1-5-23-6-8-24(9-7-23)34(41-30-12-10-29(37)11-13-30)25-14-21(2)33(22(3)15-25)39-20-32(38)40-35(4)28-17-26-16-27-18-31(35)36(26,27)19-28/h5-15,26-28,31,34H,1,16-20H2,2-4H3/t26?,27?,28?,31?,34?,35?,36-/m0/s1. The molecule has 6 unspecified atom stereocenters. The van der Waals surface area contributed by atoms with Gasteiger partial charge in [-0.3, -0.25) is 0 Å². The fraction of sp³-hybridized carbons (Fsp3) is 0.417. The number of esters is 1. The molecule has 3 aromatic carbocycles. The summed E-state index contributed by atoms with van der Waals surface area (Å²) in [5.41, 5.74) is 5.45. The SMILES string of the molecule is C=Cc1ccc(C(Sc2ccc(F)cc2)c2cc(C)c(OCC(=O)OC3(C)C4CC5CC6CC3[C@@]56C4)c(C)c2)cc1. The minimum atomic E-state index is -0.326. The van der Waals surface area contributed by atoms with Gasteiger partial charge in [0, 0.05) is 10.8 Å². The van der Waals surface area contributed by atoms with E-state index in [4.69, 9.17) is 9.47 Å². The van der Waals surface area contributed by atoms with Crippen molar-refractivity contribution in [2.24, 2.45) is 29.1 Å². The molecule has 0 aromatic heterocycles. The second-order valence-corrected chi connectivity index (χ2v) is 14.1. The van der Waals surface area contributed by atoms with Crippen LogP contribution in [-0.4, -0.2) is 18.2 Å². The molecule has 0 amide bonds. The Morgan fingerprint density at radius 1 is 1.00 bits per heavy atom. The van der Waals surface area contributed by atoms with E-state index in [1.807, 2.05) is 32.1 Å². The van der Waals surface area contributed by atoms with Crippen LogP contribution in [0.1, 0.15) is 65.7 Å². The van der Waals surface area contributed by atoms with Gasteiger partial charge in [0.2, 0.25) is 0 Å². The lowest BCUT2D eigenvalue weighted by atomic mass is 9.36. The Labute approximate surface area is 246 Å². The van der Waals surface area contributed by atoms with Crippen LogP contribution in [0.3, 0.4) is 0 Å². The average molecular weight is 569 g/mol. The summed E-state index contributed by atoms with van der Waals surface area (Å²) in [4.78, 5) is 14.1. The van der Waals surface area contributed by atoms with Crippen molar-refractivity contribution < 1.29 is 18.7 Å². The lowest BCUT2D eigenvalue weighted by Crippen LogP contribution is -2.66. The van der Waals surface area contributed by atoms with Gasteiger partial charge in [-0.15, -0.1) is 11.8 Å². The number of carbonyl (C=O) groups is 1. The molecular formula is C36H37FO3S. The Morgan fingerprint density at radius 2 is 1.66 bits per heavy atom. The van der Waals surface area contributed by atoms with E-state index in [0.717, 1.165) is 50.3 Å². The molecule has 7 atom stereocenters. The third-order valence-electron chi connectivity index (χ3n) is 10.9. The first-order chi connectivity index (χ1) is 19.7. The highest BCUT2D eigenvalue weighted by Gasteiger charge is 2.81. The molecule has 4 fully saturated rings. The van der Waals surface area contributed by atoms with Gasteiger partial charge in [0.25, 0.3) is 0 Å². The summed E-state index contributed by atoms with van der Waals surface area (Å²) < 4.78 is 26.0. The zero-order valence-corrected chi connectivity index (χ0v) is 24.8. The first-order valence-corrected chi connectivity index (χ1v) is 15.7. The number of hydrogen-bond donors (Lipinski definition) is 0. The molecule has 4 saturated carbocycles. The Hall–Kier alpha value is -3.05. The summed E-state index contributed by atoms with van der Waals surface area (Å²) in [5, 5.41) is -0.00510. The maximum Gasteiger partial charge on any atom is 0.344 e. The zero-order valence-electron chi connectivity index (χ0n) is 24.0. The topological polar surface area (TPSA) is 35.5 Å². The van der Waals surface area contributed by atoms with Gasteiger partial charge in [-0.2, -0.15) is 0 Å². The van der Waals surface area contributed by atoms with E-state index < -0.39 is 0 Å². The van der Waals surface area contributed by atoms with Crippen LogP contribution in [0.4, 0.5) is 4.39 Å². The van der Waals surface area contributed by atoms with Gasteiger partial charge >= 0.3 is 5.97 Å². The highest BCUT2D eigenvalue weighted by molar-refractivity contribution is 7.99. The van der Waals surface area contributed by atoms with Gasteiger partial charge in [-0.25, -0.2) is 9.18 Å². The van der Waals surface area contributed by atoms with Crippen molar-refractivity contribution >= 4 is 23.8 Å². The third kappa shape index (κ3) is 4.18. The molecule has 41 heavy (non-hydrogen) atoms. The molecule has 4 aliphatic carbocycles. The van der Waals surface area contributed by atoms with Crippen molar-refractivity contribution in [3.63, 3.8) is 0 Å². The van der Waals surface area contributed by atoms with Crippen LogP contribution in [0.2, 0.25) is 0 Å². The zero-order chi connectivity index (χ0) is 28.5. The molecule has 0 radical (unpaired) electrons. The van der Waals surface area contributed by atoms with Crippen molar-refractivity contribution in [3.05, 3.63) is 101 Å². The van der Waals surface area contributed by atoms with E-state index in [1.54, 1.807) is 11.8 Å². The van der Waals surface area contributed by atoms with Crippen molar-refractivity contribution in [1.29, 1.82) is 0 Å². The predicted octanol–water partition coefficient (Wildman–Crippen LogP) is 8.71. The van der Waals surface area contributed by atoms with Gasteiger partial charge in [0.15, 0.2) is 6.61 Å². The quantitative estimate of drug-likeness (QED) is 0.191. The van der Waals surface area contributed by atoms with Crippen molar-refractivity contribution in [3.8, 4) is 5.75 Å². The molecule has 1 spiro atoms. The van der Waals surface area contributed by atoms with E-state index in [0.29, 0.717) is 17.3 Å². The molecular weight excluding hydrogens is 531 g/mol. The van der Waals surface area contributed by atoms with Gasteiger partial charge in [0.05, 0.1) is 5.25 Å². The summed E-state index contributed by atoms with van der Waals surface area (Å²) >= 11 is 1.68. The molecule has 2 bridgehead atoms. The maximum absolute atomic E-state index is 13.6. The average Bonchev–Trinajstić information content (AvgIpc) is 3.42. The summed E-state index contributed by atoms with van der Waals surface area (Å²) in [5.74, 6) is 3.05. The van der Waals surface area contributed by atoms with Crippen LogP contribution < -0.4 is 4.74 Å². The van der Waals surface area contributed by atoms with Crippen molar-refractivity contribution in [2.45, 2.75) is 62.2 Å². The number of halogens is 1. The first-order valence-electron chi connectivity index (χ1n) is 14.8. The normalized spacial score (nSPS) is 31.0. The van der Waals surface area contributed by atoms with E-state index in [-0.39, 0.29) is 29.2 Å². The van der Waals surface area contributed by atoms with E-state index >= 15 is 0 Å². The van der Waals surface area contributed by atoms with E-state index in [1.165, 1.54) is 37.8 Å². The van der Waals surface area contributed by atoms with Crippen LogP contribution >= 0.6 is 11.8 Å². The van der Waals surface area contributed by atoms with E-state index in [2.05, 4.69) is 49.9 Å². The van der Waals surface area contributed by atoms with Crippen LogP contribution in [-0.2, 0) is 9.53 Å². The highest BCUT2D eigenvalue weighted by atomic mass is 32.2. The Kier molecular flexibility index (Phi) is 6.39. The fourth-order valence-electron chi connectivity index (χ4n) is 9.02. The molecule has 0 N–H and O–H groups in total. The second-order valence-electron chi connectivity index (χ2n) is 12.9. The lowest BCUT2D eigenvalue weighted by Gasteiger charge is -2.69. The molecule has 0 aliphatic heterocycles. The van der Waals surface area contributed by atoms with E-state index in [9.17, 15) is 9.18 Å². The van der Waals surface area contributed by atoms with Crippen LogP contribution in [0.5, 0.6) is 5.75 Å². The van der Waals surface area contributed by atoms with Crippen LogP contribution in [0, 0.1) is 48.8 Å². The molecule has 0 saturated heterocycles. The number of rotatable bonds is 9. The molecule has 3 nitrogen and oxygen atoms in total. The monoisotopic (exact) mass is 568 g/mol. The number of benzene rings is 3. The first kappa shape index (κ1) is 26.8. The molecule has 7 rings (SSSR count). The van der Waals surface area contributed by atoms with Gasteiger partial charge < -0.3 is 9.47 Å². The fourth-order valence-corrected chi connectivity index (χ4v) is 10.2. The predicted molar refractivity (Wildman–Crippen MR) is 161 cm³/mol. The Balaban J connectivity index is 1.08. The largest absolute Gasteiger partial charge is 0.481 e. The summed E-state index contributed by atoms with van der Waals surface area (Å²) in [7, 11) is 0. The number of aryl methyl sites for hydroxylation is 2. The lowest BCUT2D eigenvalue weighted by molar-refractivity contribution is -0.246. The molecule has 5 heteroatoms. The number of hydrogen-bond acceptors (Lipinski definition) is 4. The molecule has 3 aromatic rings. The minimum absolute atomic E-state index is 0.00510. The third-order valence-corrected chi connectivity index (χ3v) is 12.3.